The molecule has 23 atom stereocenters. The van der Waals surface area contributed by atoms with Gasteiger partial charge >= 0.3 is 11.9 Å². The van der Waals surface area contributed by atoms with Gasteiger partial charge in [0.25, 0.3) is 0 Å². The van der Waals surface area contributed by atoms with Gasteiger partial charge in [-0.1, -0.05) is 53.2 Å². The zero-order valence-corrected chi connectivity index (χ0v) is 38.8. The molecule has 4 saturated carbocycles. The first kappa shape index (κ1) is 50.5. The van der Waals surface area contributed by atoms with Crippen LogP contribution < -0.4 is 0 Å². The molecule has 0 amide bonds. The molecule has 7 fully saturated rings. The number of aliphatic carboxylic acids is 1. The third kappa shape index (κ3) is 7.73. The van der Waals surface area contributed by atoms with Crippen LogP contribution >= 0.6 is 0 Å². The molecule has 8 aliphatic rings. The predicted octanol–water partition coefficient (Wildman–Crippen LogP) is -0.156. The molecule has 11 N–H and O–H groups in total. The molecule has 0 bridgehead atoms. The van der Waals surface area contributed by atoms with Crippen molar-refractivity contribution in [1.82, 2.24) is 0 Å². The van der Waals surface area contributed by atoms with Gasteiger partial charge in [0.05, 0.1) is 31.3 Å². The average molecular weight is 943 g/mol. The Morgan fingerprint density at radius 2 is 1.39 bits per heavy atom. The number of allylic oxidation sites excluding steroid dienone is 2. The number of carboxylic acids is 1. The molecule has 376 valence electrons. The lowest BCUT2D eigenvalue weighted by Crippen LogP contribution is -2.67. The summed E-state index contributed by atoms with van der Waals surface area (Å²) in [4.78, 5) is 27.0. The highest BCUT2D eigenvalue weighted by Crippen LogP contribution is 2.76. The normalized spacial score (nSPS) is 53.5. The first-order chi connectivity index (χ1) is 30.8. The molecule has 3 aliphatic heterocycles. The smallest absolute Gasteiger partial charge is 0.335 e. The highest BCUT2D eigenvalue weighted by Gasteiger charge is 2.70. The van der Waals surface area contributed by atoms with Crippen molar-refractivity contribution in [2.24, 2.45) is 50.2 Å². The Balaban J connectivity index is 1.04. The zero-order chi connectivity index (χ0) is 48.3. The van der Waals surface area contributed by atoms with Crippen molar-refractivity contribution in [2.45, 2.75) is 198 Å². The van der Waals surface area contributed by atoms with Crippen molar-refractivity contribution in [3.63, 3.8) is 0 Å². The van der Waals surface area contributed by atoms with E-state index in [1.54, 1.807) is 0 Å². The molecule has 0 unspecified atom stereocenters. The fourth-order valence-electron chi connectivity index (χ4n) is 14.8. The second kappa shape index (κ2) is 17.7. The topological polar surface area (TPSA) is 312 Å². The maximum Gasteiger partial charge on any atom is 0.335 e. The minimum Gasteiger partial charge on any atom is -0.479 e. The molecule has 19 heteroatoms. The summed E-state index contributed by atoms with van der Waals surface area (Å²) in [7, 11) is 0. The van der Waals surface area contributed by atoms with E-state index in [1.165, 1.54) is 5.57 Å². The monoisotopic (exact) mass is 942 g/mol. The standard InChI is InChI=1S/C47H74O19/c1-42(2)13-15-47(41(60)66-39-32(55)30(53)29(52)24(18-48)62-39)16-14-45(5)21(22(47)17-42)7-8-26-43(3)11-10-27(44(4,20-49)25(43)9-12-46(26,45)6)63-40-34(57)35(33(56)36(65-40)37(58)59)64-38-31(54)28(51)23(50)19-61-38/h7,22-36,38-40,48-57H,8-20H2,1-6H3,(H,58,59)/t22-,23+,24+,25+,26+,27-,28-,29+,30-,31+,32+,33-,34+,35-,36-,38-,39-,40+,43-,44-,45+,46+,47-/m0/s1. The van der Waals surface area contributed by atoms with E-state index >= 15 is 0 Å². The van der Waals surface area contributed by atoms with E-state index in [4.69, 9.17) is 28.4 Å². The molecule has 0 spiro atoms. The van der Waals surface area contributed by atoms with Crippen LogP contribution in [0.25, 0.3) is 0 Å². The number of esters is 1. The molecule has 66 heavy (non-hydrogen) atoms. The van der Waals surface area contributed by atoms with Gasteiger partial charge in [0, 0.05) is 5.41 Å². The molecule has 0 aromatic heterocycles. The van der Waals surface area contributed by atoms with Crippen molar-refractivity contribution in [2.75, 3.05) is 19.8 Å². The SMILES string of the molecule is CC1(C)CC[C@]2(C(=O)O[C@@H]3O[C@H](CO)[C@@H](O)[C@H](O)[C@H]3O)CC[C@]3(C)C(=CC[C@@H]4[C@@]5(C)CC[C@H](O[C@@H]6O[C@H](C(=O)O)[C@@H](O)[C@H](O[C@@H]7OC[C@@H](O)[C@H](O)[C@H]7O)[C@H]6O)[C@@](C)(CO)[C@@H]5CC[C@]43C)[C@@H]2C1. The lowest BCUT2D eigenvalue weighted by molar-refractivity contribution is -0.358. The van der Waals surface area contributed by atoms with Gasteiger partial charge in [0.1, 0.15) is 61.0 Å². The highest BCUT2D eigenvalue weighted by atomic mass is 16.7. The van der Waals surface area contributed by atoms with Crippen LogP contribution in [0.15, 0.2) is 11.6 Å². The van der Waals surface area contributed by atoms with Crippen LogP contribution in [0.3, 0.4) is 0 Å². The molecule has 5 aliphatic carbocycles. The second-order valence-electron chi connectivity index (χ2n) is 22.9. The van der Waals surface area contributed by atoms with Crippen molar-refractivity contribution in [1.29, 1.82) is 0 Å². The van der Waals surface area contributed by atoms with E-state index in [2.05, 4.69) is 40.7 Å². The Bertz CT molecular complexity index is 1850. The Labute approximate surface area is 385 Å². The van der Waals surface area contributed by atoms with E-state index in [1.807, 2.05) is 6.92 Å². The number of rotatable bonds is 9. The largest absolute Gasteiger partial charge is 0.479 e. The number of aliphatic hydroxyl groups excluding tert-OH is 10. The molecule has 0 aromatic rings. The first-order valence-corrected chi connectivity index (χ1v) is 23.9. The van der Waals surface area contributed by atoms with E-state index < -0.39 is 128 Å². The number of aliphatic hydroxyl groups is 10. The molecule has 3 saturated heterocycles. The maximum atomic E-state index is 14.7. The van der Waals surface area contributed by atoms with Crippen molar-refractivity contribution in [3.8, 4) is 0 Å². The van der Waals surface area contributed by atoms with Crippen molar-refractivity contribution in [3.05, 3.63) is 11.6 Å². The highest BCUT2D eigenvalue weighted by molar-refractivity contribution is 5.79. The number of fused-ring (bicyclic) bond motifs is 7. The van der Waals surface area contributed by atoms with Gasteiger partial charge < -0.3 is 84.6 Å². The van der Waals surface area contributed by atoms with Gasteiger partial charge in [0.2, 0.25) is 6.29 Å². The van der Waals surface area contributed by atoms with Crippen LogP contribution in [0, 0.1) is 50.2 Å². The fourth-order valence-corrected chi connectivity index (χ4v) is 14.8. The number of carboxylic acid groups (broad SMARTS) is 1. The lowest BCUT2D eigenvalue weighted by Gasteiger charge is -2.71. The van der Waals surface area contributed by atoms with E-state index in [0.29, 0.717) is 44.9 Å². The first-order valence-electron chi connectivity index (χ1n) is 23.9. The Morgan fingerprint density at radius 3 is 2.06 bits per heavy atom. The molecule has 8 rings (SSSR count). The third-order valence-electron chi connectivity index (χ3n) is 19.0. The Kier molecular flexibility index (Phi) is 13.6. The fraction of sp³-hybridized carbons (Fsp3) is 0.915. The Hall–Kier alpha value is -1.92. The maximum absolute atomic E-state index is 14.7. The van der Waals surface area contributed by atoms with Crippen LogP contribution in [0.2, 0.25) is 0 Å². The van der Waals surface area contributed by atoms with Crippen LogP contribution in [0.4, 0.5) is 0 Å². The predicted molar refractivity (Wildman–Crippen MR) is 226 cm³/mol. The average Bonchev–Trinajstić information content (AvgIpc) is 3.26. The van der Waals surface area contributed by atoms with Gasteiger partial charge in [-0.15, -0.1) is 0 Å². The summed E-state index contributed by atoms with van der Waals surface area (Å²) < 4.78 is 34.9. The van der Waals surface area contributed by atoms with Crippen LogP contribution in [-0.2, 0) is 38.0 Å². The molecule has 0 aromatic carbocycles. The summed E-state index contributed by atoms with van der Waals surface area (Å²) in [5.74, 6) is -2.26. The van der Waals surface area contributed by atoms with Crippen LogP contribution in [0.1, 0.15) is 106 Å². The van der Waals surface area contributed by atoms with Gasteiger partial charge in [0.15, 0.2) is 18.7 Å². The number of ether oxygens (including phenoxy) is 6. The summed E-state index contributed by atoms with van der Waals surface area (Å²) in [6.45, 7) is 12.0. The quantitative estimate of drug-likeness (QED) is 0.0813. The molecular formula is C47H74O19. The van der Waals surface area contributed by atoms with E-state index in [9.17, 15) is 65.8 Å². The summed E-state index contributed by atoms with van der Waals surface area (Å²) >= 11 is 0. The molecule has 19 nitrogen and oxygen atoms in total. The molecular weight excluding hydrogens is 868 g/mol. The van der Waals surface area contributed by atoms with Gasteiger partial charge in [-0.25, -0.2) is 4.79 Å². The second-order valence-corrected chi connectivity index (χ2v) is 22.9. The minimum atomic E-state index is -1.95. The van der Waals surface area contributed by atoms with Crippen LogP contribution in [-0.4, -0.2) is 180 Å². The van der Waals surface area contributed by atoms with Gasteiger partial charge in [-0.2, -0.15) is 0 Å². The zero-order valence-electron chi connectivity index (χ0n) is 38.8. The summed E-state index contributed by atoms with van der Waals surface area (Å²) in [5, 5.41) is 116. The van der Waals surface area contributed by atoms with Gasteiger partial charge in [-0.05, 0) is 104 Å². The van der Waals surface area contributed by atoms with E-state index in [0.717, 1.165) is 19.3 Å². The summed E-state index contributed by atoms with van der Waals surface area (Å²) in [5.41, 5.74) is -1.66. The van der Waals surface area contributed by atoms with E-state index in [-0.39, 0.29) is 46.0 Å². The van der Waals surface area contributed by atoms with Crippen molar-refractivity contribution >= 4 is 11.9 Å². The number of hydrogen-bond acceptors (Lipinski definition) is 18. The third-order valence-corrected chi connectivity index (χ3v) is 19.0. The van der Waals surface area contributed by atoms with Crippen LogP contribution in [0.5, 0.6) is 0 Å². The summed E-state index contributed by atoms with van der Waals surface area (Å²) in [6, 6.07) is 0. The molecule has 0 radical (unpaired) electrons. The Morgan fingerprint density at radius 1 is 0.712 bits per heavy atom. The summed E-state index contributed by atoms with van der Waals surface area (Å²) in [6.07, 6.45) is -15.3. The number of hydrogen-bond donors (Lipinski definition) is 11. The van der Waals surface area contributed by atoms with Crippen molar-refractivity contribution < 1.29 is 94.2 Å². The lowest BCUT2D eigenvalue weighted by atomic mass is 9.33. The van der Waals surface area contributed by atoms with Gasteiger partial charge in [-0.3, -0.25) is 4.79 Å². The minimum absolute atomic E-state index is 0.0965. The number of carbonyl (C=O) groups excluding carboxylic acids is 1. The number of carbonyl (C=O) groups is 2. The molecule has 3 heterocycles.